The fourth-order valence-electron chi connectivity index (χ4n) is 2.08. The predicted molar refractivity (Wildman–Crippen MR) is 113 cm³/mol. The SMILES string of the molecule is CN=C(NCCC(C)N(C)C(=O)OC(C)(C)C)NCc1csc(N(C)C)n1. The van der Waals surface area contributed by atoms with Crippen LogP contribution in [0.1, 0.15) is 39.8 Å². The number of nitrogens with zero attached hydrogens (tertiary/aromatic N) is 4. The first kappa shape index (κ1) is 23.0. The number of anilines is 1. The number of hydrogen-bond acceptors (Lipinski definition) is 6. The number of hydrogen-bond donors (Lipinski definition) is 2. The normalized spacial score (nSPS) is 13.1. The van der Waals surface area contributed by atoms with Gasteiger partial charge in [0.15, 0.2) is 11.1 Å². The summed E-state index contributed by atoms with van der Waals surface area (Å²) < 4.78 is 5.40. The van der Waals surface area contributed by atoms with E-state index in [4.69, 9.17) is 4.74 Å². The van der Waals surface area contributed by atoms with Crippen LogP contribution in [0.5, 0.6) is 0 Å². The second-order valence-corrected chi connectivity index (χ2v) is 8.43. The lowest BCUT2D eigenvalue weighted by molar-refractivity contribution is 0.0230. The highest BCUT2D eigenvalue weighted by Gasteiger charge is 2.22. The van der Waals surface area contributed by atoms with Crippen LogP contribution in [0.15, 0.2) is 10.4 Å². The van der Waals surface area contributed by atoms with Gasteiger partial charge in [0.25, 0.3) is 0 Å². The van der Waals surface area contributed by atoms with Crippen LogP contribution in [0.2, 0.25) is 0 Å². The number of amides is 1. The number of carbonyl (C=O) groups excluding carboxylic acids is 1. The van der Waals surface area contributed by atoms with Crippen LogP contribution in [-0.2, 0) is 11.3 Å². The van der Waals surface area contributed by atoms with Gasteiger partial charge in [0.1, 0.15) is 5.60 Å². The summed E-state index contributed by atoms with van der Waals surface area (Å²) in [6.45, 7) is 8.89. The molecule has 1 heterocycles. The topological polar surface area (TPSA) is 82.1 Å². The molecule has 1 unspecified atom stereocenters. The van der Waals surface area contributed by atoms with E-state index < -0.39 is 5.60 Å². The molecular weight excluding hydrogens is 364 g/mol. The number of carbonyl (C=O) groups is 1. The van der Waals surface area contributed by atoms with Crippen molar-refractivity contribution < 1.29 is 9.53 Å². The molecule has 0 aliphatic heterocycles. The summed E-state index contributed by atoms with van der Waals surface area (Å²) in [6.07, 6.45) is 0.468. The predicted octanol–water partition coefficient (Wildman–Crippen LogP) is 2.52. The van der Waals surface area contributed by atoms with Gasteiger partial charge >= 0.3 is 6.09 Å². The Kier molecular flexibility index (Phi) is 8.81. The lowest BCUT2D eigenvalue weighted by Gasteiger charge is -2.28. The third kappa shape index (κ3) is 8.47. The van der Waals surface area contributed by atoms with E-state index in [1.807, 2.05) is 52.1 Å². The fourth-order valence-corrected chi connectivity index (χ4v) is 2.84. The van der Waals surface area contributed by atoms with Crippen LogP contribution in [0, 0.1) is 0 Å². The molecule has 0 saturated heterocycles. The molecule has 1 rings (SSSR count). The van der Waals surface area contributed by atoms with E-state index in [0.717, 1.165) is 17.2 Å². The van der Waals surface area contributed by atoms with Crippen LogP contribution in [0.25, 0.3) is 0 Å². The van der Waals surface area contributed by atoms with E-state index in [-0.39, 0.29) is 12.1 Å². The highest BCUT2D eigenvalue weighted by Crippen LogP contribution is 2.17. The Labute approximate surface area is 167 Å². The maximum Gasteiger partial charge on any atom is 0.410 e. The monoisotopic (exact) mass is 398 g/mol. The molecule has 0 saturated carbocycles. The Balaban J connectivity index is 2.38. The Hall–Kier alpha value is -2.03. The minimum atomic E-state index is -0.489. The van der Waals surface area contributed by atoms with Gasteiger partial charge in [-0.15, -0.1) is 11.3 Å². The number of rotatable bonds is 7. The van der Waals surface area contributed by atoms with E-state index in [9.17, 15) is 4.79 Å². The minimum absolute atomic E-state index is 0.0478. The molecule has 0 aliphatic carbocycles. The number of nitrogens with one attached hydrogen (secondary N) is 2. The number of thiazole rings is 1. The highest BCUT2D eigenvalue weighted by molar-refractivity contribution is 7.13. The van der Waals surface area contributed by atoms with Crippen molar-refractivity contribution in [3.05, 3.63) is 11.1 Å². The fraction of sp³-hybridized carbons (Fsp3) is 0.722. The Bertz CT molecular complexity index is 624. The summed E-state index contributed by atoms with van der Waals surface area (Å²) in [5.74, 6) is 0.710. The summed E-state index contributed by atoms with van der Waals surface area (Å²) in [7, 11) is 7.45. The van der Waals surface area contributed by atoms with Gasteiger partial charge in [-0.1, -0.05) is 0 Å². The number of aliphatic imine (C=N–C) groups is 1. The second kappa shape index (κ2) is 10.3. The maximum atomic E-state index is 12.1. The Morgan fingerprint density at radius 1 is 1.33 bits per heavy atom. The molecule has 0 radical (unpaired) electrons. The Morgan fingerprint density at radius 2 is 2.00 bits per heavy atom. The molecule has 0 fully saturated rings. The van der Waals surface area contributed by atoms with Crippen LogP contribution >= 0.6 is 11.3 Å². The average Bonchev–Trinajstić information content (AvgIpc) is 3.04. The van der Waals surface area contributed by atoms with Gasteiger partial charge in [-0.3, -0.25) is 4.99 Å². The van der Waals surface area contributed by atoms with Crippen LogP contribution < -0.4 is 15.5 Å². The van der Waals surface area contributed by atoms with E-state index in [1.165, 1.54) is 0 Å². The lowest BCUT2D eigenvalue weighted by Crippen LogP contribution is -2.42. The van der Waals surface area contributed by atoms with Crippen molar-refractivity contribution in [2.24, 2.45) is 4.99 Å². The van der Waals surface area contributed by atoms with Crippen molar-refractivity contribution in [2.75, 3.05) is 39.6 Å². The molecular formula is C18H34N6O2S. The van der Waals surface area contributed by atoms with E-state index >= 15 is 0 Å². The summed E-state index contributed by atoms with van der Waals surface area (Å²) >= 11 is 1.61. The molecule has 1 aromatic heterocycles. The van der Waals surface area contributed by atoms with Gasteiger partial charge in [-0.05, 0) is 34.1 Å². The summed E-state index contributed by atoms with van der Waals surface area (Å²) in [5, 5.41) is 9.54. The summed E-state index contributed by atoms with van der Waals surface area (Å²) in [6, 6.07) is 0.0478. The van der Waals surface area contributed by atoms with Crippen molar-refractivity contribution in [3.8, 4) is 0 Å². The zero-order valence-electron chi connectivity index (χ0n) is 17.8. The van der Waals surface area contributed by atoms with Crippen LogP contribution in [-0.4, -0.2) is 68.3 Å². The first-order valence-corrected chi connectivity index (χ1v) is 9.93. The molecule has 154 valence electrons. The Morgan fingerprint density at radius 3 is 2.52 bits per heavy atom. The smallest absolute Gasteiger partial charge is 0.410 e. The van der Waals surface area contributed by atoms with Gasteiger partial charge in [0.2, 0.25) is 0 Å². The summed E-state index contributed by atoms with van der Waals surface area (Å²) in [5.41, 5.74) is 0.488. The van der Waals surface area contributed by atoms with Crippen molar-refractivity contribution in [1.82, 2.24) is 20.5 Å². The number of ether oxygens (including phenoxy) is 1. The van der Waals surface area contributed by atoms with Crippen LogP contribution in [0.4, 0.5) is 9.93 Å². The van der Waals surface area contributed by atoms with E-state index in [0.29, 0.717) is 19.0 Å². The maximum absolute atomic E-state index is 12.1. The molecule has 0 aliphatic rings. The molecule has 9 heteroatoms. The van der Waals surface area contributed by atoms with Crippen molar-refractivity contribution in [3.63, 3.8) is 0 Å². The third-order valence-corrected chi connectivity index (χ3v) is 4.84. The molecule has 8 nitrogen and oxygen atoms in total. The zero-order chi connectivity index (χ0) is 20.6. The second-order valence-electron chi connectivity index (χ2n) is 7.60. The largest absolute Gasteiger partial charge is 0.444 e. The molecule has 0 spiro atoms. The summed E-state index contributed by atoms with van der Waals surface area (Å²) in [4.78, 5) is 24.5. The first-order chi connectivity index (χ1) is 12.5. The average molecular weight is 399 g/mol. The van der Waals surface area contributed by atoms with E-state index in [1.54, 1.807) is 30.3 Å². The molecule has 27 heavy (non-hydrogen) atoms. The van der Waals surface area contributed by atoms with Gasteiger partial charge < -0.3 is 25.2 Å². The lowest BCUT2D eigenvalue weighted by atomic mass is 10.2. The molecule has 1 atom stereocenters. The number of aromatic nitrogens is 1. The molecule has 0 aromatic carbocycles. The molecule has 2 N–H and O–H groups in total. The molecule has 0 bridgehead atoms. The van der Waals surface area contributed by atoms with Crippen molar-refractivity contribution in [1.29, 1.82) is 0 Å². The third-order valence-electron chi connectivity index (χ3n) is 3.78. The quantitative estimate of drug-likeness (QED) is 0.543. The van der Waals surface area contributed by atoms with Crippen LogP contribution in [0.3, 0.4) is 0 Å². The minimum Gasteiger partial charge on any atom is -0.444 e. The zero-order valence-corrected chi connectivity index (χ0v) is 18.6. The van der Waals surface area contributed by atoms with Crippen molar-refractivity contribution >= 4 is 28.5 Å². The van der Waals surface area contributed by atoms with Gasteiger partial charge in [-0.2, -0.15) is 0 Å². The molecule has 1 aromatic rings. The number of guanidine groups is 1. The standard InChI is InChI=1S/C18H34N6O2S/c1-13(24(8)17(25)26-18(2,3)4)9-10-20-15(19-5)21-11-14-12-27-16(22-14)23(6)7/h12-13H,9-11H2,1-8H3,(H2,19,20,21). The van der Waals surface area contributed by atoms with Gasteiger partial charge in [0, 0.05) is 46.2 Å². The van der Waals surface area contributed by atoms with E-state index in [2.05, 4.69) is 20.6 Å². The van der Waals surface area contributed by atoms with Gasteiger partial charge in [-0.25, -0.2) is 9.78 Å². The van der Waals surface area contributed by atoms with Crippen molar-refractivity contribution in [2.45, 2.75) is 52.3 Å². The first-order valence-electron chi connectivity index (χ1n) is 9.05. The molecule has 1 amide bonds. The highest BCUT2D eigenvalue weighted by atomic mass is 32.1. The van der Waals surface area contributed by atoms with Gasteiger partial charge in [0.05, 0.1) is 12.2 Å².